The molecule has 0 bridgehead atoms. The molecule has 21 heavy (non-hydrogen) atoms. The third-order valence-corrected chi connectivity index (χ3v) is 4.16. The highest BCUT2D eigenvalue weighted by atomic mass is 79.9. The van der Waals surface area contributed by atoms with Crippen molar-refractivity contribution in [2.45, 2.75) is 26.1 Å². The summed E-state index contributed by atoms with van der Waals surface area (Å²) in [6, 6.07) is 10.1. The first kappa shape index (κ1) is 16.3. The van der Waals surface area contributed by atoms with Gasteiger partial charge in [0.25, 0.3) is 0 Å². The number of hydrogen-bond acceptors (Lipinski definition) is 2. The second-order valence-electron chi connectivity index (χ2n) is 4.91. The lowest BCUT2D eigenvalue weighted by Gasteiger charge is -2.16. The maximum absolute atomic E-state index is 14.2. The van der Waals surface area contributed by atoms with Crippen LogP contribution >= 0.6 is 27.5 Å². The molecule has 0 amide bonds. The number of rotatable bonds is 4. The number of ether oxygens (including phenoxy) is 1. The quantitative estimate of drug-likeness (QED) is 0.755. The van der Waals surface area contributed by atoms with Gasteiger partial charge in [0.15, 0.2) is 0 Å². The predicted molar refractivity (Wildman–Crippen MR) is 85.4 cm³/mol. The summed E-state index contributed by atoms with van der Waals surface area (Å²) in [6.45, 7) is 3.83. The molecule has 0 aromatic heterocycles. The monoisotopic (exact) mass is 372 g/mol. The van der Waals surface area contributed by atoms with Gasteiger partial charge in [0, 0.05) is 10.0 Å². The molecule has 2 rings (SSSR count). The van der Waals surface area contributed by atoms with Crippen LogP contribution in [0.1, 0.15) is 31.1 Å². The third kappa shape index (κ3) is 3.76. The van der Waals surface area contributed by atoms with Crippen LogP contribution in [0.3, 0.4) is 0 Å². The average molecular weight is 374 g/mol. The lowest BCUT2D eigenvalue weighted by molar-refractivity contribution is 0.211. The Labute approximate surface area is 136 Å². The van der Waals surface area contributed by atoms with Gasteiger partial charge in [-0.1, -0.05) is 29.8 Å². The Balaban J connectivity index is 2.36. The van der Waals surface area contributed by atoms with Crippen molar-refractivity contribution in [3.8, 4) is 5.75 Å². The van der Waals surface area contributed by atoms with Gasteiger partial charge in [0.2, 0.25) is 0 Å². The molecule has 5 heteroatoms. The molecule has 2 aromatic rings. The summed E-state index contributed by atoms with van der Waals surface area (Å²) in [6.07, 6.45) is -1.08. The first-order valence-electron chi connectivity index (χ1n) is 6.48. The van der Waals surface area contributed by atoms with Crippen LogP contribution < -0.4 is 4.74 Å². The molecule has 1 unspecified atom stereocenters. The summed E-state index contributed by atoms with van der Waals surface area (Å²) in [4.78, 5) is 0. The molecular weight excluding hydrogens is 359 g/mol. The zero-order valence-corrected chi connectivity index (χ0v) is 14.0. The van der Waals surface area contributed by atoms with Crippen LogP contribution in [-0.4, -0.2) is 11.2 Å². The molecule has 0 fully saturated rings. The molecule has 0 aliphatic rings. The van der Waals surface area contributed by atoms with Crippen molar-refractivity contribution in [3.05, 3.63) is 62.8 Å². The van der Waals surface area contributed by atoms with E-state index >= 15 is 0 Å². The van der Waals surface area contributed by atoms with Gasteiger partial charge >= 0.3 is 0 Å². The van der Waals surface area contributed by atoms with E-state index in [1.807, 2.05) is 13.8 Å². The second-order valence-corrected chi connectivity index (χ2v) is 6.14. The summed E-state index contributed by atoms with van der Waals surface area (Å²) in [5.74, 6) is -0.00103. The molecule has 2 aromatic carbocycles. The van der Waals surface area contributed by atoms with Crippen LogP contribution in [0.15, 0.2) is 40.9 Å². The van der Waals surface area contributed by atoms with Crippen molar-refractivity contribution in [1.29, 1.82) is 0 Å². The van der Waals surface area contributed by atoms with Gasteiger partial charge in [-0.2, -0.15) is 0 Å². The van der Waals surface area contributed by atoms with Crippen LogP contribution in [0.25, 0.3) is 0 Å². The minimum Gasteiger partial charge on any atom is -0.491 e. The smallest absolute Gasteiger partial charge is 0.149 e. The van der Waals surface area contributed by atoms with Gasteiger partial charge < -0.3 is 9.84 Å². The predicted octanol–water partition coefficient (Wildman–Crippen LogP) is 5.11. The fraction of sp³-hybridized carbons (Fsp3) is 0.250. The molecule has 0 heterocycles. The minimum atomic E-state index is -1.11. The SMILES string of the molecule is CC(C)Oc1cccc(C(O)c2ccc(Br)c(Cl)c2F)c1. The molecule has 0 aliphatic carbocycles. The van der Waals surface area contributed by atoms with Crippen LogP contribution in [-0.2, 0) is 0 Å². The highest BCUT2D eigenvalue weighted by Gasteiger charge is 2.19. The van der Waals surface area contributed by atoms with Crippen molar-refractivity contribution in [2.24, 2.45) is 0 Å². The van der Waals surface area contributed by atoms with Crippen molar-refractivity contribution < 1.29 is 14.2 Å². The van der Waals surface area contributed by atoms with E-state index in [1.165, 1.54) is 6.07 Å². The lowest BCUT2D eigenvalue weighted by atomic mass is 10.0. The Kier molecular flexibility index (Phi) is 5.25. The van der Waals surface area contributed by atoms with Crippen LogP contribution in [0, 0.1) is 5.82 Å². The second kappa shape index (κ2) is 6.77. The molecule has 0 aliphatic heterocycles. The molecule has 112 valence electrons. The van der Waals surface area contributed by atoms with E-state index in [2.05, 4.69) is 15.9 Å². The Morgan fingerprint density at radius 1 is 1.24 bits per heavy atom. The molecule has 0 spiro atoms. The Bertz CT molecular complexity index is 646. The van der Waals surface area contributed by atoms with Crippen LogP contribution in [0.5, 0.6) is 5.75 Å². The zero-order chi connectivity index (χ0) is 15.6. The third-order valence-electron chi connectivity index (χ3n) is 2.91. The topological polar surface area (TPSA) is 29.5 Å². The number of aliphatic hydroxyl groups excluding tert-OH is 1. The average Bonchev–Trinajstić information content (AvgIpc) is 2.44. The normalized spacial score (nSPS) is 12.5. The number of halogens is 3. The fourth-order valence-corrected chi connectivity index (χ4v) is 2.44. The van der Waals surface area contributed by atoms with Crippen molar-refractivity contribution in [3.63, 3.8) is 0 Å². The van der Waals surface area contributed by atoms with Crippen molar-refractivity contribution >= 4 is 27.5 Å². The standard InChI is InChI=1S/C16H15BrClFO2/c1-9(2)21-11-5-3-4-10(8-11)16(20)12-6-7-13(17)14(18)15(12)19/h3-9,16,20H,1-2H3. The van der Waals surface area contributed by atoms with E-state index in [4.69, 9.17) is 16.3 Å². The molecule has 1 atom stereocenters. The van der Waals surface area contributed by atoms with Crippen LogP contribution in [0.4, 0.5) is 4.39 Å². The highest BCUT2D eigenvalue weighted by Crippen LogP contribution is 2.33. The number of hydrogen-bond donors (Lipinski definition) is 1. The minimum absolute atomic E-state index is 0.0243. The molecule has 0 saturated heterocycles. The van der Waals surface area contributed by atoms with Gasteiger partial charge in [-0.3, -0.25) is 0 Å². The van der Waals surface area contributed by atoms with Gasteiger partial charge in [-0.05, 0) is 53.5 Å². The maximum atomic E-state index is 14.2. The summed E-state index contributed by atoms with van der Waals surface area (Å²) in [5, 5.41) is 10.3. The summed E-state index contributed by atoms with van der Waals surface area (Å²) < 4.78 is 20.2. The Hall–Kier alpha value is -1.10. The summed E-state index contributed by atoms with van der Waals surface area (Å²) >= 11 is 9.01. The highest BCUT2D eigenvalue weighted by molar-refractivity contribution is 9.10. The van der Waals surface area contributed by atoms with E-state index in [1.54, 1.807) is 30.3 Å². The van der Waals surface area contributed by atoms with Crippen molar-refractivity contribution in [1.82, 2.24) is 0 Å². The van der Waals surface area contributed by atoms with E-state index in [0.29, 0.717) is 15.8 Å². The first-order chi connectivity index (χ1) is 9.90. The molecule has 1 N–H and O–H groups in total. The fourth-order valence-electron chi connectivity index (χ4n) is 1.96. The molecule has 0 radical (unpaired) electrons. The Morgan fingerprint density at radius 3 is 2.62 bits per heavy atom. The van der Waals surface area contributed by atoms with E-state index in [0.717, 1.165) is 0 Å². The molecule has 0 saturated carbocycles. The van der Waals surface area contributed by atoms with Crippen LogP contribution in [0.2, 0.25) is 5.02 Å². The largest absolute Gasteiger partial charge is 0.491 e. The number of aliphatic hydroxyl groups is 1. The molecule has 2 nitrogen and oxygen atoms in total. The van der Waals surface area contributed by atoms with Gasteiger partial charge in [-0.15, -0.1) is 0 Å². The van der Waals surface area contributed by atoms with E-state index in [-0.39, 0.29) is 16.7 Å². The zero-order valence-electron chi connectivity index (χ0n) is 11.6. The summed E-state index contributed by atoms with van der Waals surface area (Å²) in [7, 11) is 0. The van der Waals surface area contributed by atoms with Gasteiger partial charge in [0.05, 0.1) is 11.1 Å². The van der Waals surface area contributed by atoms with Gasteiger partial charge in [-0.25, -0.2) is 4.39 Å². The van der Waals surface area contributed by atoms with E-state index < -0.39 is 11.9 Å². The number of benzene rings is 2. The first-order valence-corrected chi connectivity index (χ1v) is 7.65. The lowest BCUT2D eigenvalue weighted by Crippen LogP contribution is -2.07. The van der Waals surface area contributed by atoms with E-state index in [9.17, 15) is 9.50 Å². The summed E-state index contributed by atoms with van der Waals surface area (Å²) in [5.41, 5.74) is 0.676. The Morgan fingerprint density at radius 2 is 1.95 bits per heavy atom. The maximum Gasteiger partial charge on any atom is 0.149 e. The molecular formula is C16H15BrClFO2. The van der Waals surface area contributed by atoms with Gasteiger partial charge in [0.1, 0.15) is 17.7 Å². The van der Waals surface area contributed by atoms with Crippen molar-refractivity contribution in [2.75, 3.05) is 0 Å².